The molecule has 3 rings (SSSR count). The zero-order valence-electron chi connectivity index (χ0n) is 24.8. The molecule has 0 fully saturated rings. The minimum atomic E-state index is -4.89. The average molecular weight is 673 g/mol. The van der Waals surface area contributed by atoms with Crippen molar-refractivity contribution in [2.45, 2.75) is 57.3 Å². The molecule has 2 aromatic carbocycles. The van der Waals surface area contributed by atoms with E-state index in [0.717, 1.165) is 18.2 Å². The summed E-state index contributed by atoms with van der Waals surface area (Å²) in [7, 11) is -3.41. The largest absolute Gasteiger partial charge is 0.455 e. The van der Waals surface area contributed by atoms with Crippen molar-refractivity contribution in [3.63, 3.8) is 0 Å². The molecule has 0 saturated heterocycles. The van der Waals surface area contributed by atoms with Crippen LogP contribution < -0.4 is 15.4 Å². The highest BCUT2D eigenvalue weighted by Crippen LogP contribution is 2.40. The summed E-state index contributed by atoms with van der Waals surface area (Å²) in [5.41, 5.74) is -2.47. The number of benzene rings is 2. The Hall–Kier alpha value is -4.24. The molecule has 10 nitrogen and oxygen atoms in total. The standard InChI is InChI=1S/C29H29ClF4N4O6S/c1-15-22(10-11-24(31)35-15)43-23-14-20(29(32,33)34)21(30)13-19(23)26(40)37-17-8-7-9-18(12-17)45(6,42)38-25(39)16(2)36-27(41)44-28(3,4)5/h7-14,16H,1-6H3,(H,36,41)(H,37,40)/t16-,45-/m1/s1. The van der Waals surface area contributed by atoms with E-state index in [0.29, 0.717) is 6.07 Å². The van der Waals surface area contributed by atoms with E-state index in [1.54, 1.807) is 20.8 Å². The predicted octanol–water partition coefficient (Wildman–Crippen LogP) is 7.14. The quantitative estimate of drug-likeness (QED) is 0.201. The van der Waals surface area contributed by atoms with Gasteiger partial charge in [-0.1, -0.05) is 17.7 Å². The lowest BCUT2D eigenvalue weighted by molar-refractivity contribution is -0.137. The summed E-state index contributed by atoms with van der Waals surface area (Å²) in [4.78, 5) is 41.5. The summed E-state index contributed by atoms with van der Waals surface area (Å²) < 4.78 is 82.1. The van der Waals surface area contributed by atoms with Crippen molar-refractivity contribution in [2.75, 3.05) is 11.6 Å². The summed E-state index contributed by atoms with van der Waals surface area (Å²) in [5.74, 6) is -3.39. The molecule has 242 valence electrons. The smallest absolute Gasteiger partial charge is 0.417 e. The first kappa shape index (κ1) is 35.2. The molecule has 2 N–H and O–H groups in total. The van der Waals surface area contributed by atoms with E-state index in [1.165, 1.54) is 44.4 Å². The van der Waals surface area contributed by atoms with Crippen molar-refractivity contribution in [3.05, 3.63) is 76.3 Å². The average Bonchev–Trinajstić information content (AvgIpc) is 2.89. The van der Waals surface area contributed by atoms with Gasteiger partial charge in [0, 0.05) is 16.8 Å². The minimum absolute atomic E-state index is 0.00387. The molecule has 0 saturated carbocycles. The first-order valence-electron chi connectivity index (χ1n) is 13.0. The van der Waals surface area contributed by atoms with E-state index in [9.17, 15) is 36.2 Å². The Morgan fingerprint density at radius 3 is 2.31 bits per heavy atom. The van der Waals surface area contributed by atoms with Crippen LogP contribution in [0.4, 0.5) is 28.0 Å². The van der Waals surface area contributed by atoms with E-state index in [-0.39, 0.29) is 22.0 Å². The Morgan fingerprint density at radius 2 is 1.71 bits per heavy atom. The number of carbonyl (C=O) groups excluding carboxylic acids is 3. The molecule has 0 aliphatic carbocycles. The molecule has 3 amide bonds. The van der Waals surface area contributed by atoms with Gasteiger partial charge in [-0.15, -0.1) is 0 Å². The Kier molecular flexibility index (Phi) is 10.5. The molecule has 2 atom stereocenters. The molecule has 0 aliphatic heterocycles. The number of aryl methyl sites for hydroxylation is 1. The number of hydrogen-bond acceptors (Lipinski definition) is 7. The lowest BCUT2D eigenvalue weighted by atomic mass is 10.1. The van der Waals surface area contributed by atoms with Gasteiger partial charge in [0.2, 0.25) is 5.95 Å². The molecular weight excluding hydrogens is 644 g/mol. The number of carbonyl (C=O) groups is 3. The summed E-state index contributed by atoms with van der Waals surface area (Å²) in [6, 6.07) is 7.63. The van der Waals surface area contributed by atoms with Gasteiger partial charge in [0.25, 0.3) is 11.8 Å². The summed E-state index contributed by atoms with van der Waals surface area (Å²) in [6.07, 6.45) is -4.59. The van der Waals surface area contributed by atoms with Crippen LogP contribution in [0.1, 0.15) is 49.3 Å². The second-order valence-electron chi connectivity index (χ2n) is 10.7. The lowest BCUT2D eigenvalue weighted by Crippen LogP contribution is -2.41. The fraction of sp³-hybridized carbons (Fsp3) is 0.310. The van der Waals surface area contributed by atoms with Crippen LogP contribution >= 0.6 is 11.6 Å². The van der Waals surface area contributed by atoms with Crippen molar-refractivity contribution in [1.29, 1.82) is 0 Å². The molecular formula is C29H29ClF4N4O6S. The van der Waals surface area contributed by atoms with Crippen LogP contribution in [-0.4, -0.2) is 45.0 Å². The van der Waals surface area contributed by atoms with Gasteiger partial charge in [0.1, 0.15) is 23.1 Å². The maximum atomic E-state index is 13.6. The number of ether oxygens (including phenoxy) is 2. The maximum absolute atomic E-state index is 13.6. The molecule has 0 radical (unpaired) electrons. The zero-order valence-corrected chi connectivity index (χ0v) is 26.4. The summed E-state index contributed by atoms with van der Waals surface area (Å²) >= 11 is 5.88. The van der Waals surface area contributed by atoms with Crippen LogP contribution in [0, 0.1) is 12.9 Å². The molecule has 45 heavy (non-hydrogen) atoms. The third-order valence-electron chi connectivity index (χ3n) is 5.74. The SMILES string of the molecule is Cc1nc(F)ccc1Oc1cc(C(F)(F)F)c(Cl)cc1C(=O)Nc1cccc([S@@](C)(=O)=NC(=O)[C@@H](C)NC(=O)OC(C)(C)C)c1. The van der Waals surface area contributed by atoms with Crippen molar-refractivity contribution < 1.29 is 45.6 Å². The van der Waals surface area contributed by atoms with Crippen molar-refractivity contribution >= 4 is 44.9 Å². The van der Waals surface area contributed by atoms with E-state index in [4.69, 9.17) is 21.1 Å². The molecule has 16 heteroatoms. The van der Waals surface area contributed by atoms with Crippen LogP contribution in [0.3, 0.4) is 0 Å². The normalized spacial score (nSPS) is 13.7. The molecule has 1 heterocycles. The fourth-order valence-electron chi connectivity index (χ4n) is 3.63. The van der Waals surface area contributed by atoms with Gasteiger partial charge >= 0.3 is 12.3 Å². The Morgan fingerprint density at radius 1 is 1.04 bits per heavy atom. The number of aromatic nitrogens is 1. The third kappa shape index (κ3) is 9.62. The number of halogens is 5. The zero-order chi connectivity index (χ0) is 33.9. The highest BCUT2D eigenvalue weighted by atomic mass is 35.5. The van der Waals surface area contributed by atoms with E-state index in [1.807, 2.05) is 0 Å². The number of anilines is 1. The third-order valence-corrected chi connectivity index (χ3v) is 7.71. The van der Waals surface area contributed by atoms with Crippen LogP contribution in [0.15, 0.2) is 57.8 Å². The summed E-state index contributed by atoms with van der Waals surface area (Å²) in [5, 5.41) is 3.99. The molecule has 0 aliphatic rings. The van der Waals surface area contributed by atoms with Gasteiger partial charge in [-0.25, -0.2) is 14.0 Å². The van der Waals surface area contributed by atoms with Gasteiger partial charge in [0.15, 0.2) is 0 Å². The summed E-state index contributed by atoms with van der Waals surface area (Å²) in [6.45, 7) is 7.60. The number of alkyl carbamates (subject to hydrolysis) is 1. The Balaban J connectivity index is 1.92. The van der Waals surface area contributed by atoms with Crippen LogP contribution in [0.5, 0.6) is 11.5 Å². The van der Waals surface area contributed by atoms with Gasteiger partial charge in [-0.05, 0) is 77.1 Å². The van der Waals surface area contributed by atoms with E-state index < -0.39 is 73.3 Å². The molecule has 3 aromatic rings. The molecule has 0 spiro atoms. The van der Waals surface area contributed by atoms with Crippen molar-refractivity contribution in [1.82, 2.24) is 10.3 Å². The predicted molar refractivity (Wildman–Crippen MR) is 158 cm³/mol. The highest BCUT2D eigenvalue weighted by Gasteiger charge is 2.35. The molecule has 0 unspecified atom stereocenters. The highest BCUT2D eigenvalue weighted by molar-refractivity contribution is 7.93. The number of pyridine rings is 1. The van der Waals surface area contributed by atoms with Gasteiger partial charge in [0.05, 0.1) is 31.6 Å². The fourth-order valence-corrected chi connectivity index (χ4v) is 5.19. The molecule has 0 bridgehead atoms. The van der Waals surface area contributed by atoms with Crippen LogP contribution in [-0.2, 0) is 25.4 Å². The number of amides is 3. The maximum Gasteiger partial charge on any atom is 0.417 e. The number of rotatable bonds is 7. The van der Waals surface area contributed by atoms with E-state index >= 15 is 0 Å². The van der Waals surface area contributed by atoms with Crippen LogP contribution in [0.2, 0.25) is 5.02 Å². The van der Waals surface area contributed by atoms with Crippen molar-refractivity contribution in [2.24, 2.45) is 4.36 Å². The van der Waals surface area contributed by atoms with E-state index in [2.05, 4.69) is 20.0 Å². The van der Waals surface area contributed by atoms with Crippen LogP contribution in [0.25, 0.3) is 0 Å². The molecule has 1 aromatic heterocycles. The van der Waals surface area contributed by atoms with Crippen molar-refractivity contribution in [3.8, 4) is 11.5 Å². The monoisotopic (exact) mass is 672 g/mol. The number of nitrogens with zero attached hydrogens (tertiary/aromatic N) is 2. The first-order chi connectivity index (χ1) is 20.7. The second kappa shape index (κ2) is 13.4. The Labute approximate surface area is 261 Å². The Bertz CT molecular complexity index is 1770. The topological polar surface area (TPSA) is 136 Å². The number of nitrogens with one attached hydrogen (secondary N) is 2. The van der Waals surface area contributed by atoms with Gasteiger partial charge < -0.3 is 20.1 Å². The lowest BCUT2D eigenvalue weighted by Gasteiger charge is -2.21. The first-order valence-corrected chi connectivity index (χ1v) is 15.3. The minimum Gasteiger partial charge on any atom is -0.455 e. The number of hydrogen-bond donors (Lipinski definition) is 2. The number of alkyl halides is 3. The van der Waals surface area contributed by atoms with Gasteiger partial charge in [-0.3, -0.25) is 9.59 Å². The van der Waals surface area contributed by atoms with Gasteiger partial charge in [-0.2, -0.15) is 21.9 Å². The second-order valence-corrected chi connectivity index (χ2v) is 13.4.